The van der Waals surface area contributed by atoms with Crippen LogP contribution in [-0.4, -0.2) is 36.1 Å². The van der Waals surface area contributed by atoms with Crippen molar-refractivity contribution in [1.29, 1.82) is 0 Å². The summed E-state index contributed by atoms with van der Waals surface area (Å²) in [5, 5.41) is 0. The summed E-state index contributed by atoms with van der Waals surface area (Å²) < 4.78 is 1.05. The molecule has 1 aromatic carbocycles. The number of benzene rings is 1. The fraction of sp³-hybridized carbons (Fsp3) is 0.312. The minimum atomic E-state index is 0.981. The number of anilines is 1. The lowest BCUT2D eigenvalue weighted by atomic mass is 10.2. The highest BCUT2D eigenvalue weighted by molar-refractivity contribution is 9.10. The lowest BCUT2D eigenvalue weighted by Crippen LogP contribution is -2.45. The summed E-state index contributed by atoms with van der Waals surface area (Å²) in [6.45, 7) is 5.36. The summed E-state index contributed by atoms with van der Waals surface area (Å²) in [6.07, 6.45) is 3.78. The maximum Gasteiger partial charge on any atom is 0.0410 e. The van der Waals surface area contributed by atoms with Gasteiger partial charge in [0, 0.05) is 55.3 Å². The molecule has 0 saturated carbocycles. The largest absolute Gasteiger partial charge is 0.369 e. The molecule has 0 amide bonds. The third-order valence-corrected chi connectivity index (χ3v) is 4.09. The minimum Gasteiger partial charge on any atom is -0.369 e. The van der Waals surface area contributed by atoms with Crippen LogP contribution in [0.2, 0.25) is 0 Å². The Hall–Kier alpha value is -1.39. The molecule has 0 aliphatic carbocycles. The zero-order chi connectivity index (χ0) is 13.8. The topological polar surface area (TPSA) is 19.4 Å². The van der Waals surface area contributed by atoms with Crippen molar-refractivity contribution in [2.24, 2.45) is 0 Å². The summed E-state index contributed by atoms with van der Waals surface area (Å²) in [5.41, 5.74) is 2.60. The maximum absolute atomic E-state index is 4.23. The van der Waals surface area contributed by atoms with Crippen LogP contribution in [0, 0.1) is 0 Å². The molecule has 1 fully saturated rings. The third kappa shape index (κ3) is 3.38. The SMILES string of the molecule is Brc1cncc(CN2CCN(c3ccccc3)CC2)c1. The summed E-state index contributed by atoms with van der Waals surface area (Å²) >= 11 is 3.48. The van der Waals surface area contributed by atoms with E-state index in [0.29, 0.717) is 0 Å². The Kier molecular flexibility index (Phi) is 4.33. The van der Waals surface area contributed by atoms with E-state index in [0.717, 1.165) is 37.2 Å². The van der Waals surface area contributed by atoms with Crippen LogP contribution in [0.5, 0.6) is 0 Å². The molecular weight excluding hydrogens is 314 g/mol. The monoisotopic (exact) mass is 331 g/mol. The molecule has 1 saturated heterocycles. The number of nitrogens with zero attached hydrogens (tertiary/aromatic N) is 3. The van der Waals surface area contributed by atoms with Gasteiger partial charge in [0.05, 0.1) is 0 Å². The van der Waals surface area contributed by atoms with Gasteiger partial charge in [-0.15, -0.1) is 0 Å². The van der Waals surface area contributed by atoms with Gasteiger partial charge in [-0.05, 0) is 39.7 Å². The summed E-state index contributed by atoms with van der Waals surface area (Å²) in [6, 6.07) is 12.8. The molecule has 4 heteroatoms. The molecule has 2 heterocycles. The van der Waals surface area contributed by atoms with E-state index in [1.165, 1.54) is 11.3 Å². The van der Waals surface area contributed by atoms with Crippen LogP contribution in [0.4, 0.5) is 5.69 Å². The van der Waals surface area contributed by atoms with Gasteiger partial charge in [-0.1, -0.05) is 18.2 Å². The first-order valence-electron chi connectivity index (χ1n) is 6.93. The van der Waals surface area contributed by atoms with Crippen molar-refractivity contribution in [2.75, 3.05) is 31.1 Å². The molecule has 0 unspecified atom stereocenters. The first kappa shape index (κ1) is 13.6. The smallest absolute Gasteiger partial charge is 0.0410 e. The second kappa shape index (κ2) is 6.37. The highest BCUT2D eigenvalue weighted by Crippen LogP contribution is 2.17. The third-order valence-electron chi connectivity index (χ3n) is 3.66. The van der Waals surface area contributed by atoms with Gasteiger partial charge in [0.15, 0.2) is 0 Å². The highest BCUT2D eigenvalue weighted by Gasteiger charge is 2.17. The van der Waals surface area contributed by atoms with Crippen molar-refractivity contribution >= 4 is 21.6 Å². The van der Waals surface area contributed by atoms with Gasteiger partial charge >= 0.3 is 0 Å². The van der Waals surface area contributed by atoms with E-state index in [9.17, 15) is 0 Å². The average molecular weight is 332 g/mol. The highest BCUT2D eigenvalue weighted by atomic mass is 79.9. The standard InChI is InChI=1S/C16H18BrN3/c17-15-10-14(11-18-12-15)13-19-6-8-20(9-7-19)16-4-2-1-3-5-16/h1-5,10-12H,6-9,13H2. The average Bonchev–Trinajstić information content (AvgIpc) is 2.49. The first-order chi connectivity index (χ1) is 9.81. The van der Waals surface area contributed by atoms with E-state index in [4.69, 9.17) is 0 Å². The zero-order valence-corrected chi connectivity index (χ0v) is 13.0. The number of halogens is 1. The molecule has 0 atom stereocenters. The Morgan fingerprint density at radius 2 is 1.75 bits per heavy atom. The minimum absolute atomic E-state index is 0.981. The van der Waals surface area contributed by atoms with Crippen molar-refractivity contribution in [1.82, 2.24) is 9.88 Å². The fourth-order valence-electron chi connectivity index (χ4n) is 2.60. The van der Waals surface area contributed by atoms with Crippen LogP contribution in [0.1, 0.15) is 5.56 Å². The van der Waals surface area contributed by atoms with Gasteiger partial charge in [0.2, 0.25) is 0 Å². The molecule has 20 heavy (non-hydrogen) atoms. The molecule has 0 N–H and O–H groups in total. The molecule has 3 rings (SSSR count). The molecule has 2 aromatic rings. The maximum atomic E-state index is 4.23. The Balaban J connectivity index is 1.56. The van der Waals surface area contributed by atoms with Crippen LogP contribution in [0.25, 0.3) is 0 Å². The molecule has 104 valence electrons. The second-order valence-electron chi connectivity index (χ2n) is 5.11. The van der Waals surface area contributed by atoms with E-state index >= 15 is 0 Å². The lowest BCUT2D eigenvalue weighted by molar-refractivity contribution is 0.249. The van der Waals surface area contributed by atoms with Crippen molar-refractivity contribution in [3.63, 3.8) is 0 Å². The van der Waals surface area contributed by atoms with Gasteiger partial charge in [0.1, 0.15) is 0 Å². The normalized spacial score (nSPS) is 16.4. The predicted molar refractivity (Wildman–Crippen MR) is 85.9 cm³/mol. The summed E-state index contributed by atoms with van der Waals surface area (Å²) in [4.78, 5) is 9.17. The van der Waals surface area contributed by atoms with Gasteiger partial charge in [0.25, 0.3) is 0 Å². The first-order valence-corrected chi connectivity index (χ1v) is 7.72. The van der Waals surface area contributed by atoms with E-state index in [-0.39, 0.29) is 0 Å². The second-order valence-corrected chi connectivity index (χ2v) is 6.03. The zero-order valence-electron chi connectivity index (χ0n) is 11.4. The quantitative estimate of drug-likeness (QED) is 0.861. The van der Waals surface area contributed by atoms with Gasteiger partial charge in [-0.3, -0.25) is 9.88 Å². The number of hydrogen-bond acceptors (Lipinski definition) is 3. The number of pyridine rings is 1. The van der Waals surface area contributed by atoms with Crippen LogP contribution in [0.3, 0.4) is 0 Å². The van der Waals surface area contributed by atoms with E-state index in [1.54, 1.807) is 0 Å². The Morgan fingerprint density at radius 3 is 2.45 bits per heavy atom. The van der Waals surface area contributed by atoms with Gasteiger partial charge in [-0.25, -0.2) is 0 Å². The summed E-state index contributed by atoms with van der Waals surface area (Å²) in [7, 11) is 0. The number of aromatic nitrogens is 1. The predicted octanol–water partition coefficient (Wildman–Crippen LogP) is 3.17. The summed E-state index contributed by atoms with van der Waals surface area (Å²) in [5.74, 6) is 0. The lowest BCUT2D eigenvalue weighted by Gasteiger charge is -2.36. The van der Waals surface area contributed by atoms with E-state index in [2.05, 4.69) is 67.1 Å². The molecule has 0 bridgehead atoms. The van der Waals surface area contributed by atoms with Crippen molar-refractivity contribution in [2.45, 2.75) is 6.54 Å². The van der Waals surface area contributed by atoms with Crippen molar-refractivity contribution in [3.05, 3.63) is 58.8 Å². The number of hydrogen-bond donors (Lipinski definition) is 0. The van der Waals surface area contributed by atoms with E-state index in [1.807, 2.05) is 12.4 Å². The van der Waals surface area contributed by atoms with Gasteiger partial charge < -0.3 is 4.90 Å². The molecule has 1 aromatic heterocycles. The fourth-order valence-corrected chi connectivity index (χ4v) is 3.02. The Labute approximate surface area is 128 Å². The Morgan fingerprint density at radius 1 is 1.00 bits per heavy atom. The molecule has 0 radical (unpaired) electrons. The molecule has 0 spiro atoms. The van der Waals surface area contributed by atoms with Crippen LogP contribution >= 0.6 is 15.9 Å². The number of para-hydroxylation sites is 1. The number of piperazine rings is 1. The molecule has 1 aliphatic rings. The van der Waals surface area contributed by atoms with Gasteiger partial charge in [-0.2, -0.15) is 0 Å². The molecular formula is C16H18BrN3. The molecule has 3 nitrogen and oxygen atoms in total. The van der Waals surface area contributed by atoms with Crippen LogP contribution < -0.4 is 4.90 Å². The van der Waals surface area contributed by atoms with Crippen molar-refractivity contribution in [3.8, 4) is 0 Å². The van der Waals surface area contributed by atoms with E-state index < -0.39 is 0 Å². The number of rotatable bonds is 3. The molecule has 1 aliphatic heterocycles. The van der Waals surface area contributed by atoms with Crippen LogP contribution in [0.15, 0.2) is 53.3 Å². The van der Waals surface area contributed by atoms with Crippen molar-refractivity contribution < 1.29 is 0 Å². The Bertz CT molecular complexity index is 551. The van der Waals surface area contributed by atoms with Crippen LogP contribution in [-0.2, 0) is 6.54 Å².